The van der Waals surface area contributed by atoms with Crippen LogP contribution in [0.15, 0.2) is 47.8 Å². The Labute approximate surface area is 115 Å². The molecule has 0 aliphatic heterocycles. The number of pyridine rings is 1. The normalized spacial score (nSPS) is 11.0. The van der Waals surface area contributed by atoms with Crippen molar-refractivity contribution in [1.82, 2.24) is 4.98 Å². The standard InChI is InChI=1S/C16H21NO2/c1-13(2)6-4-7-14(3)9-11-19-16(18)15-8-5-10-17-12-15/h5-6,8-10,12H,4,7,11H2,1-3H3/b14-9+. The molecular formula is C16H21NO2. The monoisotopic (exact) mass is 259 g/mol. The van der Waals surface area contributed by atoms with E-state index in [1.54, 1.807) is 18.3 Å². The molecule has 0 spiro atoms. The van der Waals surface area contributed by atoms with E-state index in [0.717, 1.165) is 12.8 Å². The Balaban J connectivity index is 2.33. The van der Waals surface area contributed by atoms with Gasteiger partial charge in [-0.15, -0.1) is 0 Å². The molecular weight excluding hydrogens is 238 g/mol. The van der Waals surface area contributed by atoms with E-state index in [2.05, 4.69) is 31.8 Å². The molecule has 1 aromatic rings. The third-order valence-electron chi connectivity index (χ3n) is 2.63. The lowest BCUT2D eigenvalue weighted by atomic mass is 10.1. The second-order valence-electron chi connectivity index (χ2n) is 4.71. The molecule has 0 saturated carbocycles. The number of hydrogen-bond acceptors (Lipinski definition) is 3. The largest absolute Gasteiger partial charge is 0.458 e. The van der Waals surface area contributed by atoms with Gasteiger partial charge in [-0.05, 0) is 51.8 Å². The molecule has 0 amide bonds. The lowest BCUT2D eigenvalue weighted by molar-refractivity contribution is 0.0548. The van der Waals surface area contributed by atoms with Crippen LogP contribution in [0.1, 0.15) is 44.0 Å². The van der Waals surface area contributed by atoms with E-state index in [0.29, 0.717) is 12.2 Å². The molecule has 102 valence electrons. The summed E-state index contributed by atoms with van der Waals surface area (Å²) in [5, 5.41) is 0. The van der Waals surface area contributed by atoms with E-state index in [-0.39, 0.29) is 5.97 Å². The average Bonchev–Trinajstić information content (AvgIpc) is 2.39. The first kappa shape index (κ1) is 15.2. The van der Waals surface area contributed by atoms with E-state index in [9.17, 15) is 4.79 Å². The Morgan fingerprint density at radius 3 is 2.74 bits per heavy atom. The van der Waals surface area contributed by atoms with E-state index in [1.165, 1.54) is 17.3 Å². The lowest BCUT2D eigenvalue weighted by Crippen LogP contribution is -2.05. The Bertz CT molecular complexity index is 457. The van der Waals surface area contributed by atoms with Crippen molar-refractivity contribution < 1.29 is 9.53 Å². The van der Waals surface area contributed by atoms with Gasteiger partial charge in [-0.2, -0.15) is 0 Å². The van der Waals surface area contributed by atoms with Crippen molar-refractivity contribution in [3.8, 4) is 0 Å². The van der Waals surface area contributed by atoms with Crippen LogP contribution >= 0.6 is 0 Å². The minimum absolute atomic E-state index is 0.314. The number of nitrogens with zero attached hydrogens (tertiary/aromatic N) is 1. The molecule has 3 nitrogen and oxygen atoms in total. The first-order chi connectivity index (χ1) is 9.09. The molecule has 3 heteroatoms. The van der Waals surface area contributed by atoms with E-state index in [1.807, 2.05) is 6.08 Å². The summed E-state index contributed by atoms with van der Waals surface area (Å²) in [6.07, 6.45) is 9.32. The SMILES string of the molecule is CC(C)=CCC/C(C)=C/COC(=O)c1cccnc1. The Morgan fingerprint density at radius 2 is 2.11 bits per heavy atom. The van der Waals surface area contributed by atoms with E-state index >= 15 is 0 Å². The maximum atomic E-state index is 11.6. The van der Waals surface area contributed by atoms with Crippen molar-refractivity contribution in [3.63, 3.8) is 0 Å². The van der Waals surface area contributed by atoms with Gasteiger partial charge in [0.25, 0.3) is 0 Å². The lowest BCUT2D eigenvalue weighted by Gasteiger charge is -2.03. The average molecular weight is 259 g/mol. The quantitative estimate of drug-likeness (QED) is 0.574. The van der Waals surface area contributed by atoms with Gasteiger partial charge in [0.1, 0.15) is 6.61 Å². The fourth-order valence-electron chi connectivity index (χ4n) is 1.52. The zero-order chi connectivity index (χ0) is 14.1. The van der Waals surface area contributed by atoms with Gasteiger partial charge < -0.3 is 4.74 Å². The minimum atomic E-state index is -0.332. The van der Waals surface area contributed by atoms with Gasteiger partial charge in [-0.1, -0.05) is 17.2 Å². The van der Waals surface area contributed by atoms with Gasteiger partial charge in [0.05, 0.1) is 5.56 Å². The van der Waals surface area contributed by atoms with Gasteiger partial charge in [0.15, 0.2) is 0 Å². The molecule has 0 bridgehead atoms. The second-order valence-corrected chi connectivity index (χ2v) is 4.71. The summed E-state index contributed by atoms with van der Waals surface area (Å²) in [5.41, 5.74) is 3.05. The van der Waals surface area contributed by atoms with Crippen LogP contribution in [0.4, 0.5) is 0 Å². The number of hydrogen-bond donors (Lipinski definition) is 0. The number of esters is 1. The van der Waals surface area contributed by atoms with Gasteiger partial charge in [0, 0.05) is 12.4 Å². The molecule has 0 N–H and O–H groups in total. The third-order valence-corrected chi connectivity index (χ3v) is 2.63. The van der Waals surface area contributed by atoms with Crippen molar-refractivity contribution in [2.75, 3.05) is 6.61 Å². The molecule has 0 aliphatic rings. The summed E-state index contributed by atoms with van der Waals surface area (Å²) >= 11 is 0. The summed E-state index contributed by atoms with van der Waals surface area (Å²) < 4.78 is 5.16. The molecule has 0 aliphatic carbocycles. The predicted octanol–water partition coefficient (Wildman–Crippen LogP) is 3.93. The first-order valence-electron chi connectivity index (χ1n) is 6.45. The van der Waals surface area contributed by atoms with Crippen molar-refractivity contribution in [3.05, 3.63) is 53.4 Å². The van der Waals surface area contributed by atoms with Gasteiger partial charge >= 0.3 is 5.97 Å². The van der Waals surface area contributed by atoms with Gasteiger partial charge in [-0.25, -0.2) is 4.79 Å². The summed E-state index contributed by atoms with van der Waals surface area (Å²) in [6, 6.07) is 3.41. The smallest absolute Gasteiger partial charge is 0.340 e. The Kier molecular flexibility index (Phi) is 6.58. The molecule has 19 heavy (non-hydrogen) atoms. The highest BCUT2D eigenvalue weighted by atomic mass is 16.5. The molecule has 0 fully saturated rings. The summed E-state index contributed by atoms with van der Waals surface area (Å²) in [4.78, 5) is 15.5. The number of rotatable bonds is 6. The molecule has 0 saturated heterocycles. The summed E-state index contributed by atoms with van der Waals surface area (Å²) in [7, 11) is 0. The van der Waals surface area contributed by atoms with Crippen LogP contribution in [-0.2, 0) is 4.74 Å². The van der Waals surface area contributed by atoms with Gasteiger partial charge in [-0.3, -0.25) is 4.98 Å². The minimum Gasteiger partial charge on any atom is -0.458 e. The topological polar surface area (TPSA) is 39.2 Å². The van der Waals surface area contributed by atoms with E-state index < -0.39 is 0 Å². The molecule has 1 aromatic heterocycles. The predicted molar refractivity (Wildman–Crippen MR) is 76.9 cm³/mol. The molecule has 0 radical (unpaired) electrons. The molecule has 0 atom stereocenters. The third kappa shape index (κ3) is 6.55. The molecule has 0 aromatic carbocycles. The van der Waals surface area contributed by atoms with Crippen LogP contribution < -0.4 is 0 Å². The van der Waals surface area contributed by atoms with Crippen molar-refractivity contribution in [2.24, 2.45) is 0 Å². The Hall–Kier alpha value is -1.90. The fraction of sp³-hybridized carbons (Fsp3) is 0.375. The van der Waals surface area contributed by atoms with Crippen molar-refractivity contribution >= 4 is 5.97 Å². The Morgan fingerprint density at radius 1 is 1.32 bits per heavy atom. The maximum absolute atomic E-state index is 11.6. The maximum Gasteiger partial charge on any atom is 0.340 e. The molecule has 0 unspecified atom stereocenters. The summed E-state index contributed by atoms with van der Waals surface area (Å²) in [5.74, 6) is -0.332. The highest BCUT2D eigenvalue weighted by Crippen LogP contribution is 2.07. The number of ether oxygens (including phenoxy) is 1. The van der Waals surface area contributed by atoms with Crippen molar-refractivity contribution in [2.45, 2.75) is 33.6 Å². The first-order valence-corrected chi connectivity index (χ1v) is 6.45. The number of aromatic nitrogens is 1. The second kappa shape index (κ2) is 8.25. The van der Waals surface area contributed by atoms with Crippen LogP contribution in [0.3, 0.4) is 0 Å². The van der Waals surface area contributed by atoms with Crippen LogP contribution in [0, 0.1) is 0 Å². The van der Waals surface area contributed by atoms with Crippen LogP contribution in [0.25, 0.3) is 0 Å². The summed E-state index contributed by atoms with van der Waals surface area (Å²) in [6.45, 7) is 6.55. The highest BCUT2D eigenvalue weighted by molar-refractivity contribution is 5.88. The molecule has 1 heterocycles. The highest BCUT2D eigenvalue weighted by Gasteiger charge is 2.04. The number of allylic oxidation sites excluding steroid dienone is 3. The van der Waals surface area contributed by atoms with Crippen LogP contribution in [-0.4, -0.2) is 17.6 Å². The van der Waals surface area contributed by atoms with Gasteiger partial charge in [0.2, 0.25) is 0 Å². The number of carbonyl (C=O) groups is 1. The van der Waals surface area contributed by atoms with Crippen LogP contribution in [0.5, 0.6) is 0 Å². The zero-order valence-corrected chi connectivity index (χ0v) is 11.8. The fourth-order valence-corrected chi connectivity index (χ4v) is 1.52. The van der Waals surface area contributed by atoms with E-state index in [4.69, 9.17) is 4.74 Å². The number of carbonyl (C=O) groups excluding carboxylic acids is 1. The van der Waals surface area contributed by atoms with Crippen molar-refractivity contribution in [1.29, 1.82) is 0 Å². The van der Waals surface area contributed by atoms with Crippen LogP contribution in [0.2, 0.25) is 0 Å². The molecule has 1 rings (SSSR count). The zero-order valence-electron chi connectivity index (χ0n) is 11.8.